The number of fused-ring (bicyclic) bond motifs is 1. The van der Waals surface area contributed by atoms with Crippen LogP contribution in [0.15, 0.2) is 30.6 Å². The van der Waals surface area contributed by atoms with Gasteiger partial charge in [-0.15, -0.1) is 0 Å². The molecule has 3 rings (SSSR count). The van der Waals surface area contributed by atoms with E-state index in [0.717, 1.165) is 36.7 Å². The number of hydrogen-bond acceptors (Lipinski definition) is 4. The van der Waals surface area contributed by atoms with Crippen LogP contribution in [0.3, 0.4) is 0 Å². The fourth-order valence-electron chi connectivity index (χ4n) is 2.62. The van der Waals surface area contributed by atoms with Crippen molar-refractivity contribution in [2.45, 2.75) is 32.7 Å². The maximum absolute atomic E-state index is 5.89. The molecule has 2 aromatic rings. The van der Waals surface area contributed by atoms with E-state index in [9.17, 15) is 0 Å². The zero-order valence-corrected chi connectivity index (χ0v) is 12.0. The molecule has 0 saturated heterocycles. The molecule has 1 aliphatic rings. The Kier molecular flexibility index (Phi) is 3.30. The average Bonchev–Trinajstić information content (AvgIpc) is 2.46. The zero-order valence-electron chi connectivity index (χ0n) is 12.0. The van der Waals surface area contributed by atoms with E-state index in [-0.39, 0.29) is 0 Å². The molecule has 0 fully saturated rings. The summed E-state index contributed by atoms with van der Waals surface area (Å²) in [5.74, 6) is 1.43. The third-order valence-corrected chi connectivity index (χ3v) is 3.83. The summed E-state index contributed by atoms with van der Waals surface area (Å²) < 4.78 is 0. The van der Waals surface area contributed by atoms with Gasteiger partial charge in [-0.05, 0) is 35.6 Å². The SMILES string of the molecule is CC(C)c1cc(N2CCc3ccc(N)cc3C2)ncn1. The van der Waals surface area contributed by atoms with E-state index in [4.69, 9.17) is 5.73 Å². The first kappa shape index (κ1) is 12.9. The Morgan fingerprint density at radius 1 is 1.15 bits per heavy atom. The molecule has 0 unspecified atom stereocenters. The van der Waals surface area contributed by atoms with Crippen LogP contribution in [0, 0.1) is 0 Å². The first-order valence-electron chi connectivity index (χ1n) is 7.07. The van der Waals surface area contributed by atoms with E-state index in [0.29, 0.717) is 5.92 Å². The monoisotopic (exact) mass is 268 g/mol. The highest BCUT2D eigenvalue weighted by molar-refractivity contribution is 5.50. The van der Waals surface area contributed by atoms with Gasteiger partial charge in [-0.1, -0.05) is 19.9 Å². The van der Waals surface area contributed by atoms with Crippen molar-refractivity contribution in [3.8, 4) is 0 Å². The minimum atomic E-state index is 0.421. The second-order valence-electron chi connectivity index (χ2n) is 5.66. The Morgan fingerprint density at radius 2 is 2.00 bits per heavy atom. The molecule has 1 aromatic carbocycles. The van der Waals surface area contributed by atoms with Gasteiger partial charge in [-0.2, -0.15) is 0 Å². The molecule has 4 nitrogen and oxygen atoms in total. The lowest BCUT2D eigenvalue weighted by atomic mass is 9.99. The highest BCUT2D eigenvalue weighted by atomic mass is 15.2. The van der Waals surface area contributed by atoms with Gasteiger partial charge in [0.1, 0.15) is 12.1 Å². The Balaban J connectivity index is 1.88. The standard InChI is InChI=1S/C16H20N4/c1-11(2)15-8-16(19-10-18-15)20-6-5-12-3-4-14(17)7-13(12)9-20/h3-4,7-8,10-11H,5-6,9,17H2,1-2H3. The van der Waals surface area contributed by atoms with Crippen LogP contribution in [0.4, 0.5) is 11.5 Å². The predicted molar refractivity (Wildman–Crippen MR) is 81.7 cm³/mol. The van der Waals surface area contributed by atoms with Gasteiger partial charge in [0.15, 0.2) is 0 Å². The molecular weight excluding hydrogens is 248 g/mol. The van der Waals surface area contributed by atoms with Crippen LogP contribution < -0.4 is 10.6 Å². The van der Waals surface area contributed by atoms with Gasteiger partial charge >= 0.3 is 0 Å². The van der Waals surface area contributed by atoms with Crippen molar-refractivity contribution in [3.63, 3.8) is 0 Å². The van der Waals surface area contributed by atoms with E-state index in [1.165, 1.54) is 11.1 Å². The van der Waals surface area contributed by atoms with Gasteiger partial charge in [0.2, 0.25) is 0 Å². The third kappa shape index (κ3) is 2.46. The molecule has 0 aliphatic carbocycles. The summed E-state index contributed by atoms with van der Waals surface area (Å²) in [6, 6.07) is 8.30. The molecule has 4 heteroatoms. The predicted octanol–water partition coefficient (Wildman–Crippen LogP) is 2.74. The first-order chi connectivity index (χ1) is 9.63. The van der Waals surface area contributed by atoms with Crippen LogP contribution in [0.1, 0.15) is 36.6 Å². The molecule has 104 valence electrons. The Labute approximate surface area is 119 Å². The molecule has 20 heavy (non-hydrogen) atoms. The normalized spacial score (nSPS) is 14.4. The maximum atomic E-state index is 5.89. The fraction of sp³-hybridized carbons (Fsp3) is 0.375. The number of nitrogen functional groups attached to an aromatic ring is 1. The summed E-state index contributed by atoms with van der Waals surface area (Å²) in [4.78, 5) is 11.1. The minimum Gasteiger partial charge on any atom is -0.399 e. The molecule has 0 atom stereocenters. The molecule has 0 bridgehead atoms. The third-order valence-electron chi connectivity index (χ3n) is 3.83. The lowest BCUT2D eigenvalue weighted by Gasteiger charge is -2.30. The van der Waals surface area contributed by atoms with Gasteiger partial charge in [0, 0.05) is 30.5 Å². The van der Waals surface area contributed by atoms with Gasteiger partial charge in [0.05, 0.1) is 0 Å². The van der Waals surface area contributed by atoms with Crippen LogP contribution in [0.5, 0.6) is 0 Å². The summed E-state index contributed by atoms with van der Waals surface area (Å²) in [7, 11) is 0. The summed E-state index contributed by atoms with van der Waals surface area (Å²) in [5.41, 5.74) is 10.5. The lowest BCUT2D eigenvalue weighted by Crippen LogP contribution is -2.31. The number of hydrogen-bond donors (Lipinski definition) is 1. The second-order valence-corrected chi connectivity index (χ2v) is 5.66. The van der Waals surface area contributed by atoms with Crippen LogP contribution in [-0.4, -0.2) is 16.5 Å². The van der Waals surface area contributed by atoms with Crippen molar-refractivity contribution in [1.82, 2.24) is 9.97 Å². The van der Waals surface area contributed by atoms with Gasteiger partial charge in [-0.25, -0.2) is 9.97 Å². The molecule has 0 radical (unpaired) electrons. The fourth-order valence-corrected chi connectivity index (χ4v) is 2.62. The summed E-state index contributed by atoms with van der Waals surface area (Å²) in [5, 5.41) is 0. The van der Waals surface area contributed by atoms with Crippen LogP contribution in [0.2, 0.25) is 0 Å². The summed E-state index contributed by atoms with van der Waals surface area (Å²) >= 11 is 0. The number of nitrogens with two attached hydrogens (primary N) is 1. The van der Waals surface area contributed by atoms with Crippen molar-refractivity contribution >= 4 is 11.5 Å². The molecule has 2 heterocycles. The number of nitrogens with zero attached hydrogens (tertiary/aromatic N) is 3. The maximum Gasteiger partial charge on any atom is 0.132 e. The molecule has 1 aliphatic heterocycles. The van der Waals surface area contributed by atoms with Crippen LogP contribution in [-0.2, 0) is 13.0 Å². The highest BCUT2D eigenvalue weighted by Crippen LogP contribution is 2.25. The van der Waals surface area contributed by atoms with Crippen molar-refractivity contribution in [1.29, 1.82) is 0 Å². The van der Waals surface area contributed by atoms with E-state index in [2.05, 4.69) is 46.9 Å². The minimum absolute atomic E-state index is 0.421. The van der Waals surface area contributed by atoms with Crippen molar-refractivity contribution in [3.05, 3.63) is 47.4 Å². The van der Waals surface area contributed by atoms with E-state index < -0.39 is 0 Å². The second kappa shape index (κ2) is 5.12. The largest absolute Gasteiger partial charge is 0.399 e. The van der Waals surface area contributed by atoms with Gasteiger partial charge < -0.3 is 10.6 Å². The molecule has 1 aromatic heterocycles. The number of anilines is 2. The number of benzene rings is 1. The topological polar surface area (TPSA) is 55.0 Å². The smallest absolute Gasteiger partial charge is 0.132 e. The molecule has 0 spiro atoms. The molecule has 0 amide bonds. The van der Waals surface area contributed by atoms with E-state index in [1.54, 1.807) is 6.33 Å². The molecular formula is C16H20N4. The van der Waals surface area contributed by atoms with Crippen molar-refractivity contribution in [2.75, 3.05) is 17.2 Å². The Hall–Kier alpha value is -2.10. The zero-order chi connectivity index (χ0) is 14.1. The quantitative estimate of drug-likeness (QED) is 0.851. The summed E-state index contributed by atoms with van der Waals surface area (Å²) in [6.45, 7) is 6.16. The van der Waals surface area contributed by atoms with Crippen LogP contribution in [0.25, 0.3) is 0 Å². The molecule has 2 N–H and O–H groups in total. The van der Waals surface area contributed by atoms with Gasteiger partial charge in [0.25, 0.3) is 0 Å². The van der Waals surface area contributed by atoms with Crippen LogP contribution >= 0.6 is 0 Å². The van der Waals surface area contributed by atoms with Crippen molar-refractivity contribution < 1.29 is 0 Å². The van der Waals surface area contributed by atoms with Crippen molar-refractivity contribution in [2.24, 2.45) is 0 Å². The average molecular weight is 268 g/mol. The number of rotatable bonds is 2. The number of aromatic nitrogens is 2. The Bertz CT molecular complexity index is 622. The first-order valence-corrected chi connectivity index (χ1v) is 7.07. The van der Waals surface area contributed by atoms with Gasteiger partial charge in [-0.3, -0.25) is 0 Å². The van der Waals surface area contributed by atoms with E-state index >= 15 is 0 Å². The lowest BCUT2D eigenvalue weighted by molar-refractivity contribution is 0.713. The highest BCUT2D eigenvalue weighted by Gasteiger charge is 2.18. The Morgan fingerprint density at radius 3 is 2.80 bits per heavy atom. The van der Waals surface area contributed by atoms with E-state index in [1.807, 2.05) is 6.07 Å². The molecule has 0 saturated carbocycles. The summed E-state index contributed by atoms with van der Waals surface area (Å²) in [6.07, 6.45) is 2.70.